The molecule has 2 nitrogen and oxygen atoms in total. The zero-order valence-electron chi connectivity index (χ0n) is 10.1. The Bertz CT molecular complexity index is 661. The average Bonchev–Trinajstić information content (AvgIpc) is 2.40. The number of benzene rings is 2. The topological polar surface area (TPSA) is 21.3 Å². The highest BCUT2D eigenvalue weighted by molar-refractivity contribution is 6.35. The fourth-order valence-electron chi connectivity index (χ4n) is 1.48. The largest absolute Gasteiger partial charge is 0.416 e. The van der Waals surface area contributed by atoms with Crippen LogP contribution in [-0.4, -0.2) is 0 Å². The van der Waals surface area contributed by atoms with E-state index in [9.17, 15) is 17.6 Å². The molecule has 21 heavy (non-hydrogen) atoms. The molecular weight excluding hydrogens is 333 g/mol. The van der Waals surface area contributed by atoms with Crippen molar-refractivity contribution in [3.8, 4) is 5.75 Å². The molecule has 8 heteroatoms. The van der Waals surface area contributed by atoms with Gasteiger partial charge in [0.1, 0.15) is 5.69 Å². The summed E-state index contributed by atoms with van der Waals surface area (Å²) in [5, 5.41) is -0.0887. The van der Waals surface area contributed by atoms with E-state index in [2.05, 4.69) is 5.48 Å². The second-order valence-corrected chi connectivity index (χ2v) is 4.82. The quantitative estimate of drug-likeness (QED) is 0.449. The monoisotopic (exact) mass is 339 g/mol. The average molecular weight is 340 g/mol. The van der Waals surface area contributed by atoms with Crippen LogP contribution in [0.4, 0.5) is 23.2 Å². The molecule has 0 aromatic heterocycles. The summed E-state index contributed by atoms with van der Waals surface area (Å²) >= 11 is 11.3. The Morgan fingerprint density at radius 2 is 1.76 bits per heavy atom. The van der Waals surface area contributed by atoms with Crippen LogP contribution in [0.2, 0.25) is 10.0 Å². The number of nitrogens with one attached hydrogen (secondary N) is 1. The van der Waals surface area contributed by atoms with Crippen molar-refractivity contribution in [2.75, 3.05) is 5.48 Å². The van der Waals surface area contributed by atoms with E-state index in [0.29, 0.717) is 0 Å². The van der Waals surface area contributed by atoms with E-state index in [0.717, 1.165) is 12.1 Å². The van der Waals surface area contributed by atoms with E-state index < -0.39 is 17.6 Å². The molecule has 0 unspecified atom stereocenters. The van der Waals surface area contributed by atoms with Crippen LogP contribution in [0.5, 0.6) is 5.75 Å². The third-order valence-corrected chi connectivity index (χ3v) is 2.93. The Morgan fingerprint density at radius 1 is 1.05 bits per heavy atom. The van der Waals surface area contributed by atoms with Crippen LogP contribution in [0, 0.1) is 5.82 Å². The van der Waals surface area contributed by atoms with Gasteiger partial charge in [-0.2, -0.15) is 13.2 Å². The van der Waals surface area contributed by atoms with Crippen molar-refractivity contribution in [1.82, 2.24) is 0 Å². The Labute approximate surface area is 127 Å². The Kier molecular flexibility index (Phi) is 4.49. The minimum absolute atomic E-state index is 0.139. The molecule has 2 aromatic carbocycles. The molecule has 0 radical (unpaired) electrons. The Balaban J connectivity index is 2.17. The summed E-state index contributed by atoms with van der Waals surface area (Å²) in [4.78, 5) is 4.91. The van der Waals surface area contributed by atoms with Crippen molar-refractivity contribution >= 4 is 28.9 Å². The zero-order valence-corrected chi connectivity index (χ0v) is 11.7. The molecular formula is C13H7Cl2F4NO. The molecule has 0 atom stereocenters. The number of rotatable bonds is 3. The smallest absolute Gasteiger partial charge is 0.382 e. The summed E-state index contributed by atoms with van der Waals surface area (Å²) in [6, 6.07) is 6.50. The van der Waals surface area contributed by atoms with Gasteiger partial charge in [0.15, 0.2) is 11.6 Å². The molecule has 0 aliphatic rings. The van der Waals surface area contributed by atoms with Crippen molar-refractivity contribution in [3.05, 3.63) is 57.8 Å². The van der Waals surface area contributed by atoms with E-state index in [1.807, 2.05) is 0 Å². The Hall–Kier alpha value is -1.66. The first-order chi connectivity index (χ1) is 9.77. The van der Waals surface area contributed by atoms with Gasteiger partial charge >= 0.3 is 6.18 Å². The van der Waals surface area contributed by atoms with Crippen LogP contribution in [0.15, 0.2) is 36.4 Å². The van der Waals surface area contributed by atoms with Gasteiger partial charge in [-0.25, -0.2) is 9.87 Å². The van der Waals surface area contributed by atoms with Crippen LogP contribution in [0.3, 0.4) is 0 Å². The van der Waals surface area contributed by atoms with Gasteiger partial charge in [0.2, 0.25) is 0 Å². The molecule has 0 aliphatic carbocycles. The fourth-order valence-corrected chi connectivity index (χ4v) is 1.97. The van der Waals surface area contributed by atoms with Gasteiger partial charge in [-0.15, -0.1) is 0 Å². The van der Waals surface area contributed by atoms with E-state index >= 15 is 0 Å². The van der Waals surface area contributed by atoms with Crippen LogP contribution < -0.4 is 10.3 Å². The summed E-state index contributed by atoms with van der Waals surface area (Å²) in [5.74, 6) is -0.964. The maximum absolute atomic E-state index is 13.6. The number of hydrogen-bond acceptors (Lipinski definition) is 2. The van der Waals surface area contributed by atoms with Crippen molar-refractivity contribution in [3.63, 3.8) is 0 Å². The highest BCUT2D eigenvalue weighted by Crippen LogP contribution is 2.32. The first-order valence-electron chi connectivity index (χ1n) is 5.52. The highest BCUT2D eigenvalue weighted by atomic mass is 35.5. The lowest BCUT2D eigenvalue weighted by molar-refractivity contribution is -0.137. The molecule has 0 amide bonds. The van der Waals surface area contributed by atoms with Crippen molar-refractivity contribution in [1.29, 1.82) is 0 Å². The number of anilines is 1. The third-order valence-electron chi connectivity index (χ3n) is 2.43. The summed E-state index contributed by atoms with van der Waals surface area (Å²) in [6.07, 6.45) is -4.50. The molecule has 112 valence electrons. The molecule has 0 saturated carbocycles. The molecule has 0 spiro atoms. The van der Waals surface area contributed by atoms with Gasteiger partial charge in [-0.3, -0.25) is 0 Å². The van der Waals surface area contributed by atoms with Gasteiger partial charge in [0.25, 0.3) is 0 Å². The van der Waals surface area contributed by atoms with E-state index in [1.165, 1.54) is 24.3 Å². The van der Waals surface area contributed by atoms with E-state index in [1.54, 1.807) is 0 Å². The lowest BCUT2D eigenvalue weighted by Gasteiger charge is -2.12. The second-order valence-electron chi connectivity index (χ2n) is 3.98. The van der Waals surface area contributed by atoms with Crippen LogP contribution in [-0.2, 0) is 6.18 Å². The predicted octanol–water partition coefficient (Wildman–Crippen LogP) is 5.56. The normalized spacial score (nSPS) is 11.3. The van der Waals surface area contributed by atoms with Gasteiger partial charge in [-0.1, -0.05) is 29.3 Å². The van der Waals surface area contributed by atoms with Crippen molar-refractivity contribution < 1.29 is 22.4 Å². The molecule has 0 aliphatic heterocycles. The SMILES string of the molecule is Fc1c(Cl)cc(Cl)cc1NOc1cccc(C(F)(F)F)c1. The first-order valence-corrected chi connectivity index (χ1v) is 6.27. The van der Waals surface area contributed by atoms with Crippen molar-refractivity contribution in [2.24, 2.45) is 0 Å². The predicted molar refractivity (Wildman–Crippen MR) is 72.1 cm³/mol. The maximum atomic E-state index is 13.6. The lowest BCUT2D eigenvalue weighted by atomic mass is 10.2. The Morgan fingerprint density at radius 3 is 2.43 bits per heavy atom. The number of halogens is 6. The fraction of sp³-hybridized carbons (Fsp3) is 0.0769. The van der Waals surface area contributed by atoms with E-state index in [-0.39, 0.29) is 21.5 Å². The minimum Gasteiger partial charge on any atom is -0.382 e. The van der Waals surface area contributed by atoms with Crippen LogP contribution >= 0.6 is 23.2 Å². The zero-order chi connectivity index (χ0) is 15.6. The molecule has 2 rings (SSSR count). The second kappa shape index (κ2) is 5.99. The van der Waals surface area contributed by atoms with Gasteiger partial charge < -0.3 is 4.84 Å². The number of alkyl halides is 3. The molecule has 0 heterocycles. The maximum Gasteiger partial charge on any atom is 0.416 e. The van der Waals surface area contributed by atoms with Crippen LogP contribution in [0.1, 0.15) is 5.56 Å². The molecule has 1 N–H and O–H groups in total. The minimum atomic E-state index is -4.50. The molecule has 0 fully saturated rings. The first kappa shape index (κ1) is 15.7. The highest BCUT2D eigenvalue weighted by Gasteiger charge is 2.30. The molecule has 0 bridgehead atoms. The van der Waals surface area contributed by atoms with Crippen LogP contribution in [0.25, 0.3) is 0 Å². The summed E-state index contributed by atoms with van der Waals surface area (Å²) in [5.41, 5.74) is 1.11. The standard InChI is InChI=1S/C13H7Cl2F4NO/c14-8-5-10(15)12(16)11(6-8)20-21-9-3-1-2-7(4-9)13(17,18)19/h1-6,20H. The lowest BCUT2D eigenvalue weighted by Crippen LogP contribution is -2.09. The van der Waals surface area contributed by atoms with Gasteiger partial charge in [0, 0.05) is 5.02 Å². The number of hydrogen-bond donors (Lipinski definition) is 1. The summed E-state index contributed by atoms with van der Waals surface area (Å²) in [7, 11) is 0. The summed E-state index contributed by atoms with van der Waals surface area (Å²) < 4.78 is 51.2. The third kappa shape index (κ3) is 3.92. The van der Waals surface area contributed by atoms with Crippen molar-refractivity contribution in [2.45, 2.75) is 6.18 Å². The van der Waals surface area contributed by atoms with E-state index in [4.69, 9.17) is 28.0 Å². The van der Waals surface area contributed by atoms with Gasteiger partial charge in [0.05, 0.1) is 10.6 Å². The molecule has 0 saturated heterocycles. The van der Waals surface area contributed by atoms with Gasteiger partial charge in [-0.05, 0) is 30.3 Å². The summed E-state index contributed by atoms with van der Waals surface area (Å²) in [6.45, 7) is 0. The molecule has 2 aromatic rings.